The van der Waals surface area contributed by atoms with E-state index in [1.807, 2.05) is 6.08 Å². The maximum atomic E-state index is 13.1. The fourth-order valence-corrected chi connectivity index (χ4v) is 9.95. The molecule has 71 heavy (non-hydrogen) atoms. The van der Waals surface area contributed by atoms with Gasteiger partial charge >= 0.3 is 0 Å². The number of unbranched alkanes of at least 4 members (excludes halogenated alkanes) is 40. The Balaban J connectivity index is 2.14. The molecule has 1 rings (SSSR count). The zero-order chi connectivity index (χ0) is 51.7. The number of amides is 1. The van der Waals surface area contributed by atoms with Crippen molar-refractivity contribution >= 4 is 5.91 Å². The summed E-state index contributed by atoms with van der Waals surface area (Å²) in [5, 5.41) is 65.0. The zero-order valence-electron chi connectivity index (χ0n) is 46.4. The number of nitrogens with one attached hydrogen (secondary N) is 1. The van der Waals surface area contributed by atoms with Gasteiger partial charge in [0.2, 0.25) is 5.91 Å². The average Bonchev–Trinajstić information content (AvgIpc) is 3.37. The normalized spacial score (nSPS) is 19.8. The number of hydrogen-bond acceptors (Lipinski definition) is 9. The molecule has 0 aliphatic carbocycles. The number of aliphatic hydroxyl groups excluding tert-OH is 6. The van der Waals surface area contributed by atoms with Gasteiger partial charge in [0.1, 0.15) is 30.5 Å². The van der Waals surface area contributed by atoms with Crippen LogP contribution in [0.25, 0.3) is 0 Å². The Morgan fingerprint density at radius 3 is 1.23 bits per heavy atom. The highest BCUT2D eigenvalue weighted by Gasteiger charge is 2.44. The van der Waals surface area contributed by atoms with Crippen molar-refractivity contribution < 1.29 is 44.9 Å². The molecule has 0 spiro atoms. The van der Waals surface area contributed by atoms with Crippen LogP contribution in [0.2, 0.25) is 0 Å². The summed E-state index contributed by atoms with van der Waals surface area (Å²) in [5.74, 6) is -0.621. The van der Waals surface area contributed by atoms with Gasteiger partial charge in [-0.05, 0) is 32.1 Å². The van der Waals surface area contributed by atoms with Gasteiger partial charge in [0, 0.05) is 0 Å². The summed E-state index contributed by atoms with van der Waals surface area (Å²) in [4.78, 5) is 13.1. The van der Waals surface area contributed by atoms with Crippen LogP contribution in [0.4, 0.5) is 0 Å². The van der Waals surface area contributed by atoms with Crippen molar-refractivity contribution in [2.75, 3.05) is 13.2 Å². The number of hydrogen-bond donors (Lipinski definition) is 7. The lowest BCUT2D eigenvalue weighted by Crippen LogP contribution is -2.60. The Morgan fingerprint density at radius 2 is 0.831 bits per heavy atom. The lowest BCUT2D eigenvalue weighted by Gasteiger charge is -2.40. The minimum atomic E-state index is -1.61. The predicted octanol–water partition coefficient (Wildman–Crippen LogP) is 14.3. The van der Waals surface area contributed by atoms with Crippen LogP contribution >= 0.6 is 0 Å². The second-order valence-corrected chi connectivity index (χ2v) is 21.6. The first-order valence-corrected chi connectivity index (χ1v) is 30.7. The summed E-state index contributed by atoms with van der Waals surface area (Å²) < 4.78 is 11.2. The number of carbonyl (C=O) groups excluding carboxylic acids is 1. The molecule has 1 saturated heterocycles. The SMILES string of the molecule is CCCCCCCCCC/C=C/CC/C=C/C(O)C(COC1OC(CO)C(O)C(O)C1O)NC(=O)C(O)CCCCCCCCCCCCCCCCCCCCCCCCCCCCCCCCCC. The molecule has 10 heteroatoms. The third-order valence-electron chi connectivity index (χ3n) is 14.9. The third kappa shape index (κ3) is 39.7. The van der Waals surface area contributed by atoms with Crippen LogP contribution in [0.5, 0.6) is 0 Å². The molecular weight excluding hydrogens is 891 g/mol. The summed E-state index contributed by atoms with van der Waals surface area (Å²) in [6.07, 6.45) is 54.6. The summed E-state index contributed by atoms with van der Waals surface area (Å²) in [5.41, 5.74) is 0. The fourth-order valence-electron chi connectivity index (χ4n) is 9.95. The van der Waals surface area contributed by atoms with Crippen molar-refractivity contribution in [1.82, 2.24) is 5.32 Å². The van der Waals surface area contributed by atoms with Gasteiger partial charge < -0.3 is 45.4 Å². The first-order valence-electron chi connectivity index (χ1n) is 30.7. The lowest BCUT2D eigenvalue weighted by atomic mass is 9.99. The molecule has 8 atom stereocenters. The molecule has 1 aliphatic heterocycles. The average molecular weight is 1010 g/mol. The number of rotatable bonds is 53. The molecule has 7 N–H and O–H groups in total. The van der Waals surface area contributed by atoms with Crippen molar-refractivity contribution in [3.8, 4) is 0 Å². The first-order chi connectivity index (χ1) is 34.8. The molecular formula is C61H117NO9. The van der Waals surface area contributed by atoms with Crippen LogP contribution in [-0.2, 0) is 14.3 Å². The molecule has 8 unspecified atom stereocenters. The highest BCUT2D eigenvalue weighted by Crippen LogP contribution is 2.23. The summed E-state index contributed by atoms with van der Waals surface area (Å²) in [6.45, 7) is 3.62. The van der Waals surface area contributed by atoms with E-state index < -0.39 is 61.5 Å². The van der Waals surface area contributed by atoms with E-state index in [9.17, 15) is 35.4 Å². The van der Waals surface area contributed by atoms with Crippen LogP contribution in [0.1, 0.15) is 296 Å². The molecule has 0 bridgehead atoms. The topological polar surface area (TPSA) is 169 Å². The van der Waals surface area contributed by atoms with Crippen LogP contribution in [-0.4, -0.2) is 98.7 Å². The quantitative estimate of drug-likeness (QED) is 0.0232. The molecule has 420 valence electrons. The maximum absolute atomic E-state index is 13.1. The van der Waals surface area contributed by atoms with E-state index in [0.29, 0.717) is 12.8 Å². The standard InChI is InChI=1S/C61H117NO9/c1-3-5-7-9-11-13-15-17-19-20-21-22-23-24-25-26-27-28-29-30-31-32-33-34-35-36-38-40-42-44-46-48-50-55(65)60(69)62-53(52-70-61-59(68)58(67)57(66)56(51-63)71-61)54(64)49-47-45-43-41-39-37-18-16-14-12-10-8-6-4-2/h39,41,47,49,53-59,61,63-68H,3-38,40,42-46,48,50-52H2,1-2H3,(H,62,69)/b41-39+,49-47+. The monoisotopic (exact) mass is 1010 g/mol. The molecule has 1 aliphatic rings. The highest BCUT2D eigenvalue weighted by atomic mass is 16.7. The maximum Gasteiger partial charge on any atom is 0.249 e. The van der Waals surface area contributed by atoms with Gasteiger partial charge in [-0.15, -0.1) is 0 Å². The Morgan fingerprint density at radius 1 is 0.479 bits per heavy atom. The van der Waals surface area contributed by atoms with Gasteiger partial charge in [0.05, 0.1) is 25.4 Å². The predicted molar refractivity (Wildman–Crippen MR) is 296 cm³/mol. The van der Waals surface area contributed by atoms with Crippen LogP contribution in [0, 0.1) is 0 Å². The molecule has 0 aromatic rings. The van der Waals surface area contributed by atoms with E-state index >= 15 is 0 Å². The Labute approximate surface area is 437 Å². The van der Waals surface area contributed by atoms with Crippen molar-refractivity contribution in [2.45, 2.75) is 345 Å². The zero-order valence-corrected chi connectivity index (χ0v) is 46.4. The molecule has 0 aromatic heterocycles. The van der Waals surface area contributed by atoms with Gasteiger partial charge in [-0.25, -0.2) is 0 Å². The Kier molecular flexibility index (Phi) is 48.4. The lowest BCUT2D eigenvalue weighted by molar-refractivity contribution is -0.302. The van der Waals surface area contributed by atoms with Gasteiger partial charge in [-0.2, -0.15) is 0 Å². The minimum absolute atomic E-state index is 0.308. The number of ether oxygens (including phenoxy) is 2. The molecule has 1 fully saturated rings. The minimum Gasteiger partial charge on any atom is -0.394 e. The van der Waals surface area contributed by atoms with Crippen LogP contribution in [0.3, 0.4) is 0 Å². The van der Waals surface area contributed by atoms with Gasteiger partial charge in [0.25, 0.3) is 0 Å². The van der Waals surface area contributed by atoms with E-state index in [1.165, 1.54) is 231 Å². The van der Waals surface area contributed by atoms with Gasteiger partial charge in [0.15, 0.2) is 6.29 Å². The van der Waals surface area contributed by atoms with Crippen molar-refractivity contribution in [3.05, 3.63) is 24.3 Å². The van der Waals surface area contributed by atoms with E-state index in [1.54, 1.807) is 6.08 Å². The molecule has 10 nitrogen and oxygen atoms in total. The van der Waals surface area contributed by atoms with E-state index in [2.05, 4.69) is 31.3 Å². The molecule has 0 saturated carbocycles. The Bertz CT molecular complexity index is 1190. The van der Waals surface area contributed by atoms with Gasteiger partial charge in [-0.1, -0.05) is 289 Å². The number of carbonyl (C=O) groups is 1. The third-order valence-corrected chi connectivity index (χ3v) is 14.9. The fraction of sp³-hybridized carbons (Fsp3) is 0.918. The van der Waals surface area contributed by atoms with Crippen LogP contribution in [0.15, 0.2) is 24.3 Å². The van der Waals surface area contributed by atoms with E-state index in [4.69, 9.17) is 9.47 Å². The van der Waals surface area contributed by atoms with Crippen molar-refractivity contribution in [1.29, 1.82) is 0 Å². The number of aliphatic hydroxyl groups is 6. The number of allylic oxidation sites excluding steroid dienone is 3. The summed E-state index contributed by atoms with van der Waals surface area (Å²) >= 11 is 0. The summed E-state index contributed by atoms with van der Waals surface area (Å²) in [7, 11) is 0. The largest absolute Gasteiger partial charge is 0.394 e. The molecule has 0 aromatic carbocycles. The Hall–Kier alpha value is -1.37. The first kappa shape index (κ1) is 67.6. The summed E-state index contributed by atoms with van der Waals surface area (Å²) in [6, 6.07) is -0.994. The molecule has 1 amide bonds. The highest BCUT2D eigenvalue weighted by molar-refractivity contribution is 5.80. The van der Waals surface area contributed by atoms with Crippen molar-refractivity contribution in [3.63, 3.8) is 0 Å². The van der Waals surface area contributed by atoms with E-state index in [-0.39, 0.29) is 6.61 Å². The van der Waals surface area contributed by atoms with Gasteiger partial charge in [-0.3, -0.25) is 4.79 Å². The molecule has 0 radical (unpaired) electrons. The van der Waals surface area contributed by atoms with Crippen molar-refractivity contribution in [2.24, 2.45) is 0 Å². The molecule has 1 heterocycles. The second kappa shape index (κ2) is 50.8. The van der Waals surface area contributed by atoms with Crippen LogP contribution < -0.4 is 5.32 Å². The smallest absolute Gasteiger partial charge is 0.249 e. The second-order valence-electron chi connectivity index (χ2n) is 21.6. The van der Waals surface area contributed by atoms with E-state index in [0.717, 1.165) is 38.5 Å².